The molecule has 0 aliphatic carbocycles. The van der Waals surface area contributed by atoms with Crippen LogP contribution in [0.1, 0.15) is 23.7 Å². The van der Waals surface area contributed by atoms with Crippen molar-refractivity contribution in [2.24, 2.45) is 5.92 Å². The summed E-state index contributed by atoms with van der Waals surface area (Å²) in [6, 6.07) is 5.09. The average Bonchev–Trinajstić information content (AvgIpc) is 2.46. The molecule has 0 radical (unpaired) electrons. The molecule has 1 heterocycles. The molecule has 2 unspecified atom stereocenters. The number of esters is 1. The van der Waals surface area contributed by atoms with Crippen LogP contribution in [0.5, 0.6) is 0 Å². The van der Waals surface area contributed by atoms with Crippen LogP contribution in [0.15, 0.2) is 24.3 Å². The van der Waals surface area contributed by atoms with Gasteiger partial charge in [0.2, 0.25) is 0 Å². The number of carbonyl (C=O) groups excluding carboxylic acids is 1. The summed E-state index contributed by atoms with van der Waals surface area (Å²) in [5.41, 5.74) is 0.0885. The molecule has 1 fully saturated rings. The van der Waals surface area contributed by atoms with Gasteiger partial charge in [0.25, 0.3) is 5.69 Å². The molecule has 0 bridgehead atoms. The molecule has 8 heteroatoms. The van der Waals surface area contributed by atoms with Gasteiger partial charge in [0.1, 0.15) is 6.10 Å². The van der Waals surface area contributed by atoms with Crippen molar-refractivity contribution < 1.29 is 24.4 Å². The third-order valence-electron chi connectivity index (χ3n) is 3.48. The maximum Gasteiger partial charge on any atom is 0.407 e. The van der Waals surface area contributed by atoms with Crippen LogP contribution in [0.4, 0.5) is 10.5 Å². The minimum Gasteiger partial charge on any atom is -0.465 e. The lowest BCUT2D eigenvalue weighted by Gasteiger charge is -2.34. The molecule has 1 aromatic carbocycles. The number of piperidine rings is 1. The number of carboxylic acid groups (broad SMARTS) is 1. The summed E-state index contributed by atoms with van der Waals surface area (Å²) < 4.78 is 5.31. The highest BCUT2D eigenvalue weighted by Crippen LogP contribution is 2.20. The highest BCUT2D eigenvalue weighted by Gasteiger charge is 2.30. The van der Waals surface area contributed by atoms with E-state index in [-0.39, 0.29) is 23.7 Å². The monoisotopic (exact) mass is 308 g/mol. The van der Waals surface area contributed by atoms with Gasteiger partial charge in [-0.15, -0.1) is 0 Å². The van der Waals surface area contributed by atoms with E-state index in [0.29, 0.717) is 13.0 Å². The van der Waals surface area contributed by atoms with Gasteiger partial charge in [-0.05, 0) is 24.5 Å². The zero-order valence-corrected chi connectivity index (χ0v) is 12.0. The van der Waals surface area contributed by atoms with E-state index in [9.17, 15) is 19.7 Å². The molecule has 2 rings (SSSR count). The number of benzene rings is 1. The second-order valence-corrected chi connectivity index (χ2v) is 5.36. The standard InChI is InChI=1S/C14H16N2O6/c1-9-6-12(8-15(7-9)14(18)19)22-13(17)10-2-4-11(5-3-10)16(20)21/h2-5,9,12H,6-8H2,1H3,(H,18,19). The van der Waals surface area contributed by atoms with Gasteiger partial charge in [0, 0.05) is 18.7 Å². The highest BCUT2D eigenvalue weighted by atomic mass is 16.6. The van der Waals surface area contributed by atoms with Crippen LogP contribution in [0, 0.1) is 16.0 Å². The first-order valence-electron chi connectivity index (χ1n) is 6.80. The van der Waals surface area contributed by atoms with Crippen LogP contribution >= 0.6 is 0 Å². The number of nitro benzene ring substituents is 1. The van der Waals surface area contributed by atoms with Crippen molar-refractivity contribution in [3.05, 3.63) is 39.9 Å². The molecular formula is C14H16N2O6. The first-order valence-corrected chi connectivity index (χ1v) is 6.80. The molecule has 1 N–H and O–H groups in total. The van der Waals surface area contributed by atoms with Crippen LogP contribution in [0.3, 0.4) is 0 Å². The lowest BCUT2D eigenvalue weighted by atomic mass is 9.98. The van der Waals surface area contributed by atoms with E-state index < -0.39 is 23.1 Å². The first-order chi connectivity index (χ1) is 10.4. The van der Waals surface area contributed by atoms with Gasteiger partial charge in [-0.25, -0.2) is 9.59 Å². The Morgan fingerprint density at radius 3 is 2.50 bits per heavy atom. The minimum absolute atomic E-state index is 0.0968. The summed E-state index contributed by atoms with van der Waals surface area (Å²) in [5.74, 6) is -0.515. The Kier molecular flexibility index (Phi) is 4.59. The Morgan fingerprint density at radius 1 is 1.32 bits per heavy atom. The maximum absolute atomic E-state index is 12.0. The molecule has 0 saturated carbocycles. The van der Waals surface area contributed by atoms with E-state index in [1.165, 1.54) is 29.2 Å². The number of nitro groups is 1. The third kappa shape index (κ3) is 3.72. The van der Waals surface area contributed by atoms with Crippen LogP contribution in [-0.4, -0.2) is 46.2 Å². The molecule has 1 aliphatic heterocycles. The van der Waals surface area contributed by atoms with Gasteiger partial charge in [0.15, 0.2) is 0 Å². The fraction of sp³-hybridized carbons (Fsp3) is 0.429. The van der Waals surface area contributed by atoms with Crippen molar-refractivity contribution >= 4 is 17.7 Å². The quantitative estimate of drug-likeness (QED) is 0.520. The topological polar surface area (TPSA) is 110 Å². The summed E-state index contributed by atoms with van der Waals surface area (Å²) in [6.07, 6.45) is -0.965. The molecule has 1 saturated heterocycles. The number of rotatable bonds is 3. The van der Waals surface area contributed by atoms with E-state index in [4.69, 9.17) is 9.84 Å². The van der Waals surface area contributed by atoms with Crippen LogP contribution in [-0.2, 0) is 4.74 Å². The Morgan fingerprint density at radius 2 is 1.95 bits per heavy atom. The summed E-state index contributed by atoms with van der Waals surface area (Å²) in [6.45, 7) is 2.45. The van der Waals surface area contributed by atoms with Crippen molar-refractivity contribution in [2.75, 3.05) is 13.1 Å². The summed E-state index contributed by atoms with van der Waals surface area (Å²) in [5, 5.41) is 19.6. The predicted molar refractivity (Wildman–Crippen MR) is 75.7 cm³/mol. The Hall–Kier alpha value is -2.64. The second-order valence-electron chi connectivity index (χ2n) is 5.36. The molecule has 0 aromatic heterocycles. The fourth-order valence-electron chi connectivity index (χ4n) is 2.47. The molecule has 118 valence electrons. The summed E-state index contributed by atoms with van der Waals surface area (Å²) in [7, 11) is 0. The summed E-state index contributed by atoms with van der Waals surface area (Å²) in [4.78, 5) is 34.3. The van der Waals surface area contributed by atoms with Crippen LogP contribution < -0.4 is 0 Å². The van der Waals surface area contributed by atoms with Crippen molar-refractivity contribution in [3.8, 4) is 0 Å². The third-order valence-corrected chi connectivity index (χ3v) is 3.48. The van der Waals surface area contributed by atoms with E-state index >= 15 is 0 Å². The van der Waals surface area contributed by atoms with Gasteiger partial charge in [-0.1, -0.05) is 6.92 Å². The SMILES string of the molecule is CC1CC(OC(=O)c2ccc([N+](=O)[O-])cc2)CN(C(=O)O)C1. The molecule has 1 amide bonds. The number of ether oxygens (including phenoxy) is 1. The van der Waals surface area contributed by atoms with E-state index in [1.807, 2.05) is 6.92 Å². The zero-order chi connectivity index (χ0) is 16.3. The van der Waals surface area contributed by atoms with E-state index in [1.54, 1.807) is 0 Å². The number of carbonyl (C=O) groups is 2. The zero-order valence-electron chi connectivity index (χ0n) is 12.0. The van der Waals surface area contributed by atoms with Gasteiger partial charge in [-0.2, -0.15) is 0 Å². The Labute approximate surface area is 126 Å². The lowest BCUT2D eigenvalue weighted by Crippen LogP contribution is -2.46. The van der Waals surface area contributed by atoms with Crippen molar-refractivity contribution in [1.82, 2.24) is 4.90 Å². The molecule has 2 atom stereocenters. The Balaban J connectivity index is 2.01. The smallest absolute Gasteiger partial charge is 0.407 e. The molecule has 22 heavy (non-hydrogen) atoms. The van der Waals surface area contributed by atoms with E-state index in [2.05, 4.69) is 0 Å². The van der Waals surface area contributed by atoms with E-state index in [0.717, 1.165) is 0 Å². The summed E-state index contributed by atoms with van der Waals surface area (Å²) >= 11 is 0. The largest absolute Gasteiger partial charge is 0.465 e. The van der Waals surface area contributed by atoms with Gasteiger partial charge >= 0.3 is 12.1 Å². The highest BCUT2D eigenvalue weighted by molar-refractivity contribution is 5.89. The number of amides is 1. The van der Waals surface area contributed by atoms with Crippen molar-refractivity contribution in [3.63, 3.8) is 0 Å². The van der Waals surface area contributed by atoms with Crippen LogP contribution in [0.25, 0.3) is 0 Å². The van der Waals surface area contributed by atoms with Gasteiger partial charge < -0.3 is 14.7 Å². The lowest BCUT2D eigenvalue weighted by molar-refractivity contribution is -0.384. The normalized spacial score (nSPS) is 21.2. The molecule has 1 aliphatic rings. The predicted octanol–water partition coefficient (Wildman–Crippen LogP) is 2.14. The molecule has 1 aromatic rings. The number of hydrogen-bond donors (Lipinski definition) is 1. The van der Waals surface area contributed by atoms with Crippen molar-refractivity contribution in [1.29, 1.82) is 0 Å². The van der Waals surface area contributed by atoms with Gasteiger partial charge in [-0.3, -0.25) is 10.1 Å². The number of hydrogen-bond acceptors (Lipinski definition) is 5. The number of likely N-dealkylation sites (tertiary alicyclic amines) is 1. The van der Waals surface area contributed by atoms with Crippen molar-refractivity contribution in [2.45, 2.75) is 19.4 Å². The second kappa shape index (κ2) is 6.42. The molecule has 0 spiro atoms. The molecule has 8 nitrogen and oxygen atoms in total. The fourth-order valence-corrected chi connectivity index (χ4v) is 2.47. The number of nitrogens with zero attached hydrogens (tertiary/aromatic N) is 2. The van der Waals surface area contributed by atoms with Crippen LogP contribution in [0.2, 0.25) is 0 Å². The van der Waals surface area contributed by atoms with Gasteiger partial charge in [0.05, 0.1) is 17.0 Å². The Bertz CT molecular complexity index is 586. The maximum atomic E-state index is 12.0. The molecular weight excluding hydrogens is 292 g/mol. The minimum atomic E-state index is -1.04. The first kappa shape index (κ1) is 15.7. The average molecular weight is 308 g/mol. The number of non-ortho nitro benzene ring substituents is 1.